The predicted molar refractivity (Wildman–Crippen MR) is 107 cm³/mol. The Labute approximate surface area is 162 Å². The van der Waals surface area contributed by atoms with E-state index in [9.17, 15) is 4.39 Å². The van der Waals surface area contributed by atoms with E-state index in [0.717, 1.165) is 46.5 Å². The molecule has 0 spiro atoms. The van der Waals surface area contributed by atoms with Crippen LogP contribution in [-0.2, 0) is 20.1 Å². The summed E-state index contributed by atoms with van der Waals surface area (Å²) in [5, 5.41) is 6.19. The molecule has 4 aromatic rings. The van der Waals surface area contributed by atoms with Crippen LogP contribution in [0.3, 0.4) is 0 Å². The molecule has 2 heterocycles. The van der Waals surface area contributed by atoms with Crippen molar-refractivity contribution in [3.05, 3.63) is 76.8 Å². The normalized spacial score (nSPS) is 11.6. The summed E-state index contributed by atoms with van der Waals surface area (Å²) in [5.74, 6) is -0.220. The minimum absolute atomic E-state index is 0.220. The fourth-order valence-corrected chi connectivity index (χ4v) is 3.61. The van der Waals surface area contributed by atoms with Gasteiger partial charge in [0.2, 0.25) is 0 Å². The zero-order chi connectivity index (χ0) is 19.0. The van der Waals surface area contributed by atoms with Crippen molar-refractivity contribution in [3.8, 4) is 11.3 Å². The summed E-state index contributed by atoms with van der Waals surface area (Å²) in [6.07, 6.45) is 2.04. The number of aromatic nitrogens is 3. The van der Waals surface area contributed by atoms with E-state index < -0.39 is 0 Å². The van der Waals surface area contributed by atoms with Gasteiger partial charge in [-0.25, -0.2) is 4.39 Å². The molecule has 2 aromatic carbocycles. The Morgan fingerprint density at radius 1 is 1.15 bits per heavy atom. The molecule has 138 valence electrons. The second kappa shape index (κ2) is 7.18. The number of hydrogen-bond donors (Lipinski definition) is 1. The first-order valence-corrected chi connectivity index (χ1v) is 9.10. The maximum absolute atomic E-state index is 13.4. The third-order valence-electron chi connectivity index (χ3n) is 4.52. The van der Waals surface area contributed by atoms with Crippen molar-refractivity contribution in [2.24, 2.45) is 7.05 Å². The first-order chi connectivity index (χ1) is 13.0. The lowest BCUT2D eigenvalue weighted by Crippen LogP contribution is -2.17. The highest BCUT2D eigenvalue weighted by Gasteiger charge is 2.13. The lowest BCUT2D eigenvalue weighted by atomic mass is 10.1. The minimum atomic E-state index is -0.220. The van der Waals surface area contributed by atoms with Crippen LogP contribution in [0.25, 0.3) is 22.2 Å². The van der Waals surface area contributed by atoms with Gasteiger partial charge in [-0.1, -0.05) is 23.7 Å². The van der Waals surface area contributed by atoms with Gasteiger partial charge in [0.1, 0.15) is 5.82 Å². The van der Waals surface area contributed by atoms with Crippen LogP contribution in [0.2, 0.25) is 5.02 Å². The van der Waals surface area contributed by atoms with Crippen molar-refractivity contribution in [2.75, 3.05) is 7.05 Å². The third kappa shape index (κ3) is 3.89. The summed E-state index contributed by atoms with van der Waals surface area (Å²) in [6.45, 7) is 1.46. The second-order valence-corrected chi connectivity index (χ2v) is 7.32. The Morgan fingerprint density at radius 3 is 2.81 bits per heavy atom. The number of fused-ring (bicyclic) bond motifs is 1. The summed E-state index contributed by atoms with van der Waals surface area (Å²) >= 11 is 6.14. The van der Waals surface area contributed by atoms with E-state index in [4.69, 9.17) is 11.6 Å². The zero-order valence-electron chi connectivity index (χ0n) is 15.2. The van der Waals surface area contributed by atoms with Gasteiger partial charge in [-0.15, -0.1) is 0 Å². The van der Waals surface area contributed by atoms with Crippen molar-refractivity contribution in [1.82, 2.24) is 19.7 Å². The lowest BCUT2D eigenvalue weighted by molar-refractivity contribution is 0.316. The average Bonchev–Trinajstić information content (AvgIpc) is 3.16. The number of aromatic amines is 1. The number of hydrogen-bond acceptors (Lipinski definition) is 2. The van der Waals surface area contributed by atoms with Gasteiger partial charge in [0.05, 0.1) is 5.69 Å². The van der Waals surface area contributed by atoms with Crippen LogP contribution in [0.4, 0.5) is 4.39 Å². The summed E-state index contributed by atoms with van der Waals surface area (Å²) in [6, 6.07) is 14.5. The Bertz CT molecular complexity index is 1100. The number of nitrogens with zero attached hydrogens (tertiary/aromatic N) is 3. The van der Waals surface area contributed by atoms with Crippen LogP contribution in [0.1, 0.15) is 11.3 Å². The molecule has 0 bridgehead atoms. The van der Waals surface area contributed by atoms with E-state index in [1.54, 1.807) is 12.1 Å². The fraction of sp³-hybridized carbons (Fsp3) is 0.190. The predicted octanol–water partition coefficient (Wildman–Crippen LogP) is 4.99. The molecule has 0 aliphatic heterocycles. The van der Waals surface area contributed by atoms with Gasteiger partial charge in [-0.05, 0) is 43.4 Å². The summed E-state index contributed by atoms with van der Waals surface area (Å²) in [4.78, 5) is 5.55. The molecule has 0 fully saturated rings. The number of aryl methyl sites for hydroxylation is 1. The molecule has 4 nitrogen and oxygen atoms in total. The van der Waals surface area contributed by atoms with Crippen molar-refractivity contribution < 1.29 is 4.39 Å². The van der Waals surface area contributed by atoms with Crippen molar-refractivity contribution in [3.63, 3.8) is 0 Å². The van der Waals surface area contributed by atoms with Crippen LogP contribution in [0.15, 0.2) is 54.7 Å². The van der Waals surface area contributed by atoms with Gasteiger partial charge in [-0.3, -0.25) is 9.58 Å². The molecule has 4 rings (SSSR count). The van der Waals surface area contributed by atoms with E-state index >= 15 is 0 Å². The highest BCUT2D eigenvalue weighted by Crippen LogP contribution is 2.26. The van der Waals surface area contributed by atoms with Gasteiger partial charge in [0.25, 0.3) is 0 Å². The van der Waals surface area contributed by atoms with Crippen LogP contribution >= 0.6 is 11.6 Å². The molecule has 1 N–H and O–H groups in total. The number of nitrogens with one attached hydrogen (secondary N) is 1. The monoisotopic (exact) mass is 382 g/mol. The first-order valence-electron chi connectivity index (χ1n) is 8.72. The third-order valence-corrected chi connectivity index (χ3v) is 4.76. The topological polar surface area (TPSA) is 36.9 Å². The number of benzene rings is 2. The van der Waals surface area contributed by atoms with E-state index in [1.807, 2.05) is 48.3 Å². The largest absolute Gasteiger partial charge is 0.357 e. The molecule has 2 aromatic heterocycles. The molecule has 0 aliphatic carbocycles. The van der Waals surface area contributed by atoms with E-state index in [1.165, 1.54) is 6.07 Å². The van der Waals surface area contributed by atoms with E-state index in [2.05, 4.69) is 22.0 Å². The Balaban J connectivity index is 1.55. The molecule has 0 amide bonds. The summed E-state index contributed by atoms with van der Waals surface area (Å²) in [7, 11) is 3.98. The molecule has 0 saturated carbocycles. The fourth-order valence-electron chi connectivity index (χ4n) is 3.42. The maximum atomic E-state index is 13.4. The molecule has 6 heteroatoms. The molecule has 0 aliphatic rings. The Morgan fingerprint density at radius 2 is 2.00 bits per heavy atom. The molecule has 27 heavy (non-hydrogen) atoms. The first kappa shape index (κ1) is 17.8. The van der Waals surface area contributed by atoms with Gasteiger partial charge < -0.3 is 4.98 Å². The van der Waals surface area contributed by atoms with Gasteiger partial charge in [0, 0.05) is 59.1 Å². The van der Waals surface area contributed by atoms with Crippen molar-refractivity contribution >= 4 is 22.5 Å². The van der Waals surface area contributed by atoms with Crippen molar-refractivity contribution in [2.45, 2.75) is 13.1 Å². The SMILES string of the molecule is CN(Cc1cc2cc(F)ccc2[nH]1)Cc1cn(C)nc1-c1cccc(Cl)c1. The molecule has 0 unspecified atom stereocenters. The van der Waals surface area contributed by atoms with Crippen LogP contribution in [0, 0.1) is 5.82 Å². The standard InChI is InChI=1S/C21H20ClFN4/c1-26(13-19-10-15-9-18(23)6-7-20(15)24-19)11-16-12-27(2)25-21(16)14-4-3-5-17(22)8-14/h3-10,12,24H,11,13H2,1-2H3. The van der Waals surface area contributed by atoms with Gasteiger partial charge in [0.15, 0.2) is 0 Å². The van der Waals surface area contributed by atoms with E-state index in [-0.39, 0.29) is 5.82 Å². The zero-order valence-corrected chi connectivity index (χ0v) is 16.0. The number of H-pyrrole nitrogens is 1. The molecule has 0 atom stereocenters. The van der Waals surface area contributed by atoms with Gasteiger partial charge in [-0.2, -0.15) is 5.10 Å². The highest BCUT2D eigenvalue weighted by molar-refractivity contribution is 6.30. The number of halogens is 2. The van der Waals surface area contributed by atoms with Crippen LogP contribution in [0.5, 0.6) is 0 Å². The molecular weight excluding hydrogens is 363 g/mol. The average molecular weight is 383 g/mol. The lowest BCUT2D eigenvalue weighted by Gasteiger charge is -2.15. The quantitative estimate of drug-likeness (QED) is 0.527. The van der Waals surface area contributed by atoms with E-state index in [0.29, 0.717) is 5.02 Å². The number of rotatable bonds is 5. The van der Waals surface area contributed by atoms with Crippen molar-refractivity contribution in [1.29, 1.82) is 0 Å². The Hall–Kier alpha value is -2.63. The summed E-state index contributed by atoms with van der Waals surface area (Å²) in [5.41, 5.74) is 5.06. The molecule has 0 radical (unpaired) electrons. The Kier molecular flexibility index (Phi) is 4.72. The smallest absolute Gasteiger partial charge is 0.123 e. The van der Waals surface area contributed by atoms with Gasteiger partial charge >= 0.3 is 0 Å². The maximum Gasteiger partial charge on any atom is 0.123 e. The molecule has 0 saturated heterocycles. The highest BCUT2D eigenvalue weighted by atomic mass is 35.5. The second-order valence-electron chi connectivity index (χ2n) is 6.89. The van der Waals surface area contributed by atoms with Crippen LogP contribution < -0.4 is 0 Å². The summed E-state index contributed by atoms with van der Waals surface area (Å²) < 4.78 is 15.2. The van der Waals surface area contributed by atoms with Crippen LogP contribution in [-0.4, -0.2) is 26.7 Å². The molecular formula is C21H20ClFN4. The minimum Gasteiger partial charge on any atom is -0.357 e.